The van der Waals surface area contributed by atoms with Crippen LogP contribution in [0, 0.1) is 5.92 Å². The lowest BCUT2D eigenvalue weighted by Gasteiger charge is -2.37. The molecule has 24 heavy (non-hydrogen) atoms. The van der Waals surface area contributed by atoms with Crippen LogP contribution < -0.4 is 9.47 Å². The topological polar surface area (TPSA) is 51.2 Å². The van der Waals surface area contributed by atoms with Gasteiger partial charge >= 0.3 is 0 Å². The quantitative estimate of drug-likeness (QED) is 0.839. The highest BCUT2D eigenvalue weighted by Crippen LogP contribution is 2.32. The summed E-state index contributed by atoms with van der Waals surface area (Å²) in [7, 11) is 0. The number of piperazine rings is 1. The molecule has 3 aliphatic rings. The maximum absolute atomic E-state index is 12.5. The molecule has 0 aromatic heterocycles. The van der Waals surface area contributed by atoms with Gasteiger partial charge in [0.2, 0.25) is 12.7 Å². The van der Waals surface area contributed by atoms with E-state index in [-0.39, 0.29) is 11.8 Å². The van der Waals surface area contributed by atoms with Crippen LogP contribution in [0.2, 0.25) is 0 Å². The van der Waals surface area contributed by atoms with E-state index in [1.165, 1.54) is 5.56 Å². The van der Waals surface area contributed by atoms with E-state index in [0.29, 0.717) is 13.4 Å². The number of hydrogen-bond donors (Lipinski definition) is 0. The molecule has 3 heterocycles. The van der Waals surface area contributed by atoms with Crippen molar-refractivity contribution in [1.29, 1.82) is 0 Å². The second-order valence-corrected chi connectivity index (χ2v) is 6.70. The molecule has 1 atom stereocenters. The molecule has 1 aromatic carbocycles. The molecule has 4 rings (SSSR count). The Kier molecular flexibility index (Phi) is 4.58. The lowest BCUT2D eigenvalue weighted by Crippen LogP contribution is -2.50. The van der Waals surface area contributed by atoms with E-state index in [1.54, 1.807) is 0 Å². The molecule has 2 saturated heterocycles. The Morgan fingerprint density at radius 1 is 1.12 bits per heavy atom. The molecule has 3 aliphatic heterocycles. The molecule has 0 bridgehead atoms. The molecule has 6 nitrogen and oxygen atoms in total. The van der Waals surface area contributed by atoms with Crippen molar-refractivity contribution in [1.82, 2.24) is 9.80 Å². The Hall–Kier alpha value is -1.79. The SMILES string of the molecule is O=C(C1CCCOC1)N1CCN(Cc2ccc3c(c2)OCO3)CC1. The summed E-state index contributed by atoms with van der Waals surface area (Å²) < 4.78 is 16.2. The molecule has 6 heteroatoms. The molecular weight excluding hydrogens is 308 g/mol. The van der Waals surface area contributed by atoms with E-state index in [2.05, 4.69) is 17.0 Å². The second-order valence-electron chi connectivity index (χ2n) is 6.70. The molecule has 130 valence electrons. The Morgan fingerprint density at radius 3 is 2.75 bits per heavy atom. The number of rotatable bonds is 3. The molecule has 0 aliphatic carbocycles. The van der Waals surface area contributed by atoms with E-state index in [4.69, 9.17) is 14.2 Å². The van der Waals surface area contributed by atoms with Crippen LogP contribution in [0.25, 0.3) is 0 Å². The number of carbonyl (C=O) groups excluding carboxylic acids is 1. The number of hydrogen-bond acceptors (Lipinski definition) is 5. The lowest BCUT2D eigenvalue weighted by molar-refractivity contribution is -0.141. The predicted octanol–water partition coefficient (Wildman–Crippen LogP) is 1.49. The molecular formula is C18H24N2O4. The number of fused-ring (bicyclic) bond motifs is 1. The average molecular weight is 332 g/mol. The van der Waals surface area contributed by atoms with Crippen molar-refractivity contribution in [2.75, 3.05) is 46.2 Å². The highest BCUT2D eigenvalue weighted by atomic mass is 16.7. The highest BCUT2D eigenvalue weighted by Gasteiger charge is 2.29. The van der Waals surface area contributed by atoms with Crippen molar-refractivity contribution in [3.05, 3.63) is 23.8 Å². The zero-order chi connectivity index (χ0) is 16.4. The van der Waals surface area contributed by atoms with Gasteiger partial charge in [0.1, 0.15) is 0 Å². The van der Waals surface area contributed by atoms with Gasteiger partial charge in [-0.15, -0.1) is 0 Å². The Bertz CT molecular complexity index is 593. The molecule has 1 unspecified atom stereocenters. The summed E-state index contributed by atoms with van der Waals surface area (Å²) in [6.45, 7) is 6.01. The van der Waals surface area contributed by atoms with Gasteiger partial charge in [-0.05, 0) is 30.5 Å². The molecule has 0 N–H and O–H groups in total. The van der Waals surface area contributed by atoms with Crippen molar-refractivity contribution in [2.24, 2.45) is 5.92 Å². The number of nitrogens with zero attached hydrogens (tertiary/aromatic N) is 2. The minimum Gasteiger partial charge on any atom is -0.454 e. The van der Waals surface area contributed by atoms with Gasteiger partial charge in [0.05, 0.1) is 12.5 Å². The smallest absolute Gasteiger partial charge is 0.231 e. The average Bonchev–Trinajstić information content (AvgIpc) is 3.10. The van der Waals surface area contributed by atoms with Crippen LogP contribution in [0.1, 0.15) is 18.4 Å². The fourth-order valence-electron chi connectivity index (χ4n) is 3.62. The van der Waals surface area contributed by atoms with Crippen LogP contribution in [-0.2, 0) is 16.1 Å². The van der Waals surface area contributed by atoms with Crippen LogP contribution >= 0.6 is 0 Å². The summed E-state index contributed by atoms with van der Waals surface area (Å²) in [5.41, 5.74) is 1.22. The zero-order valence-electron chi connectivity index (χ0n) is 13.9. The molecule has 0 radical (unpaired) electrons. The van der Waals surface area contributed by atoms with E-state index >= 15 is 0 Å². The van der Waals surface area contributed by atoms with Crippen molar-refractivity contribution >= 4 is 5.91 Å². The van der Waals surface area contributed by atoms with E-state index in [9.17, 15) is 4.79 Å². The molecule has 1 aromatic rings. The van der Waals surface area contributed by atoms with Gasteiger partial charge in [0.25, 0.3) is 0 Å². The Balaban J connectivity index is 1.29. The molecule has 0 saturated carbocycles. The van der Waals surface area contributed by atoms with Gasteiger partial charge in [0, 0.05) is 39.3 Å². The first kappa shape index (κ1) is 15.7. The van der Waals surface area contributed by atoms with Crippen molar-refractivity contribution < 1.29 is 19.0 Å². The zero-order valence-corrected chi connectivity index (χ0v) is 13.9. The summed E-state index contributed by atoms with van der Waals surface area (Å²) in [6, 6.07) is 6.12. The van der Waals surface area contributed by atoms with Gasteiger partial charge in [0.15, 0.2) is 11.5 Å². The number of benzene rings is 1. The predicted molar refractivity (Wildman–Crippen MR) is 88.0 cm³/mol. The van der Waals surface area contributed by atoms with Crippen LogP contribution in [0.4, 0.5) is 0 Å². The largest absolute Gasteiger partial charge is 0.454 e. The fraction of sp³-hybridized carbons (Fsp3) is 0.611. The molecule has 0 spiro atoms. The summed E-state index contributed by atoms with van der Waals surface area (Å²) in [6.07, 6.45) is 1.97. The third-order valence-electron chi connectivity index (χ3n) is 5.04. The van der Waals surface area contributed by atoms with Gasteiger partial charge < -0.3 is 19.1 Å². The monoisotopic (exact) mass is 332 g/mol. The summed E-state index contributed by atoms with van der Waals surface area (Å²) in [5, 5.41) is 0. The van der Waals surface area contributed by atoms with Crippen LogP contribution in [0.5, 0.6) is 11.5 Å². The van der Waals surface area contributed by atoms with Gasteiger partial charge in [-0.25, -0.2) is 0 Å². The number of ether oxygens (including phenoxy) is 3. The maximum atomic E-state index is 12.5. The van der Waals surface area contributed by atoms with Crippen molar-refractivity contribution in [3.63, 3.8) is 0 Å². The fourth-order valence-corrected chi connectivity index (χ4v) is 3.62. The first-order valence-corrected chi connectivity index (χ1v) is 8.77. The van der Waals surface area contributed by atoms with Gasteiger partial charge in [-0.3, -0.25) is 9.69 Å². The van der Waals surface area contributed by atoms with Crippen molar-refractivity contribution in [3.8, 4) is 11.5 Å². The summed E-state index contributed by atoms with van der Waals surface area (Å²) in [4.78, 5) is 16.9. The second kappa shape index (κ2) is 6.99. The van der Waals surface area contributed by atoms with E-state index in [1.807, 2.05) is 11.0 Å². The minimum atomic E-state index is 0.0687. The van der Waals surface area contributed by atoms with Crippen LogP contribution in [0.15, 0.2) is 18.2 Å². The van der Waals surface area contributed by atoms with Crippen molar-refractivity contribution in [2.45, 2.75) is 19.4 Å². The Labute approximate surface area is 142 Å². The van der Waals surface area contributed by atoms with E-state index < -0.39 is 0 Å². The highest BCUT2D eigenvalue weighted by molar-refractivity contribution is 5.79. The molecule has 2 fully saturated rings. The summed E-state index contributed by atoms with van der Waals surface area (Å²) >= 11 is 0. The number of amides is 1. The van der Waals surface area contributed by atoms with Gasteiger partial charge in [-0.2, -0.15) is 0 Å². The normalized spacial score (nSPS) is 24.2. The minimum absolute atomic E-state index is 0.0687. The molecule has 1 amide bonds. The standard InChI is InChI=1S/C18H24N2O4/c21-18(15-2-1-9-22-12-15)20-7-5-19(6-8-20)11-14-3-4-16-17(10-14)24-13-23-16/h3-4,10,15H,1-2,5-9,11-13H2. The first-order valence-electron chi connectivity index (χ1n) is 8.77. The van der Waals surface area contributed by atoms with Crippen LogP contribution in [-0.4, -0.2) is 61.9 Å². The number of carbonyl (C=O) groups is 1. The van der Waals surface area contributed by atoms with Crippen LogP contribution in [0.3, 0.4) is 0 Å². The third-order valence-corrected chi connectivity index (χ3v) is 5.04. The summed E-state index contributed by atoms with van der Waals surface area (Å²) in [5.74, 6) is 2.00. The third kappa shape index (κ3) is 3.35. The first-order chi connectivity index (χ1) is 11.8. The maximum Gasteiger partial charge on any atom is 0.231 e. The Morgan fingerprint density at radius 2 is 1.96 bits per heavy atom. The lowest BCUT2D eigenvalue weighted by atomic mass is 10.0. The van der Waals surface area contributed by atoms with Gasteiger partial charge in [-0.1, -0.05) is 6.07 Å². The van der Waals surface area contributed by atoms with E-state index in [0.717, 1.165) is 63.7 Å².